The lowest BCUT2D eigenvalue weighted by molar-refractivity contribution is -0.101. The van der Waals surface area contributed by atoms with Crippen LogP contribution < -0.4 is 10.2 Å². The third kappa shape index (κ3) is 3.88. The Morgan fingerprint density at radius 1 is 1.12 bits per heavy atom. The second kappa shape index (κ2) is 9.42. The summed E-state index contributed by atoms with van der Waals surface area (Å²) in [6.45, 7) is 12.7. The van der Waals surface area contributed by atoms with Crippen molar-refractivity contribution in [1.29, 1.82) is 0 Å². The van der Waals surface area contributed by atoms with Crippen LogP contribution in [-0.2, 0) is 9.47 Å². The van der Waals surface area contributed by atoms with E-state index in [1.807, 2.05) is 6.20 Å². The molecule has 2 aliphatic carbocycles. The highest BCUT2D eigenvalue weighted by Crippen LogP contribution is 2.54. The minimum Gasteiger partial charge on any atom is -0.376 e. The number of nitrogens with one attached hydrogen (secondary N) is 2. The lowest BCUT2D eigenvalue weighted by Gasteiger charge is -2.57. The number of aryl methyl sites for hydroxylation is 1. The van der Waals surface area contributed by atoms with Crippen molar-refractivity contribution < 1.29 is 9.47 Å². The molecule has 5 aliphatic rings. The summed E-state index contributed by atoms with van der Waals surface area (Å²) in [5.74, 6) is 1.11. The van der Waals surface area contributed by atoms with E-state index in [1.54, 1.807) is 0 Å². The van der Waals surface area contributed by atoms with Gasteiger partial charge in [0.2, 0.25) is 0 Å². The third-order valence-corrected chi connectivity index (χ3v) is 11.0. The van der Waals surface area contributed by atoms with Gasteiger partial charge in [-0.1, -0.05) is 11.6 Å². The number of hydrogen-bond acceptors (Lipinski definition) is 7. The Balaban J connectivity index is 1.20. The van der Waals surface area contributed by atoms with Crippen molar-refractivity contribution in [3.8, 4) is 11.1 Å². The molecule has 0 radical (unpaired) electrons. The van der Waals surface area contributed by atoms with Crippen LogP contribution in [0.15, 0.2) is 12.3 Å². The Hall–Kier alpha value is -2.17. The SMILES string of the molecule is Cc1cc2[nH]ncc2c(-c2c(N3CCN(C[C@@H]4COCCO4)CC34CCC4)nn(C3CC4(CNC4)C3)c2C)c1Cl. The van der Waals surface area contributed by atoms with Crippen LogP contribution in [0.2, 0.25) is 5.02 Å². The molecular weight excluding hydrogens is 526 g/mol. The molecule has 1 atom stereocenters. The number of aromatic amines is 1. The number of aromatic nitrogens is 4. The summed E-state index contributed by atoms with van der Waals surface area (Å²) in [5, 5.41) is 18.5. The maximum atomic E-state index is 7.17. The average molecular weight is 566 g/mol. The minimum absolute atomic E-state index is 0.0959. The van der Waals surface area contributed by atoms with E-state index in [0.29, 0.717) is 31.3 Å². The number of anilines is 1. The third-order valence-electron chi connectivity index (χ3n) is 10.5. The van der Waals surface area contributed by atoms with Gasteiger partial charge in [0, 0.05) is 61.5 Å². The first-order chi connectivity index (χ1) is 19.5. The highest BCUT2D eigenvalue weighted by atomic mass is 35.5. The quantitative estimate of drug-likeness (QED) is 0.482. The molecule has 8 rings (SSSR count). The first kappa shape index (κ1) is 25.5. The number of fused-ring (bicyclic) bond motifs is 1. The normalized spacial score (nSPS) is 26.3. The average Bonchev–Trinajstić information content (AvgIpc) is 3.47. The van der Waals surface area contributed by atoms with Crippen LogP contribution in [-0.4, -0.2) is 95.6 Å². The van der Waals surface area contributed by atoms with E-state index in [1.165, 1.54) is 43.4 Å². The Labute approximate surface area is 240 Å². The fourth-order valence-corrected chi connectivity index (χ4v) is 8.41. The number of rotatable bonds is 5. The molecule has 3 aromatic rings. The second-order valence-corrected chi connectivity index (χ2v) is 13.5. The molecule has 0 amide bonds. The highest BCUT2D eigenvalue weighted by Gasteiger charge is 2.52. The molecule has 40 heavy (non-hydrogen) atoms. The van der Waals surface area contributed by atoms with Crippen molar-refractivity contribution in [2.75, 3.05) is 64.0 Å². The molecule has 214 valence electrons. The molecule has 2 spiro atoms. The van der Waals surface area contributed by atoms with E-state index >= 15 is 0 Å². The molecule has 3 aliphatic heterocycles. The van der Waals surface area contributed by atoms with Crippen molar-refractivity contribution in [3.63, 3.8) is 0 Å². The van der Waals surface area contributed by atoms with E-state index < -0.39 is 0 Å². The van der Waals surface area contributed by atoms with Gasteiger partial charge in [-0.05, 0) is 63.0 Å². The minimum atomic E-state index is 0.0959. The Kier molecular flexibility index (Phi) is 6.02. The molecule has 2 N–H and O–H groups in total. The van der Waals surface area contributed by atoms with E-state index in [9.17, 15) is 0 Å². The summed E-state index contributed by atoms with van der Waals surface area (Å²) in [6, 6.07) is 2.55. The molecule has 2 saturated carbocycles. The van der Waals surface area contributed by atoms with Crippen molar-refractivity contribution in [1.82, 2.24) is 30.2 Å². The summed E-state index contributed by atoms with van der Waals surface area (Å²) >= 11 is 7.17. The molecule has 0 unspecified atom stereocenters. The molecule has 0 bridgehead atoms. The van der Waals surface area contributed by atoms with E-state index in [2.05, 4.69) is 49.9 Å². The fourth-order valence-electron chi connectivity index (χ4n) is 8.15. The number of H-pyrrole nitrogens is 1. The van der Waals surface area contributed by atoms with Crippen LogP contribution in [0.1, 0.15) is 49.4 Å². The summed E-state index contributed by atoms with van der Waals surface area (Å²) in [5.41, 5.74) is 6.15. The van der Waals surface area contributed by atoms with Gasteiger partial charge in [0.25, 0.3) is 0 Å². The van der Waals surface area contributed by atoms with E-state index in [0.717, 1.165) is 72.1 Å². The van der Waals surface area contributed by atoms with Crippen LogP contribution in [0, 0.1) is 19.3 Å². The van der Waals surface area contributed by atoms with Crippen molar-refractivity contribution in [2.24, 2.45) is 5.41 Å². The molecule has 9 nitrogen and oxygen atoms in total. The lowest BCUT2D eigenvalue weighted by atomic mass is 9.61. The molecule has 10 heteroatoms. The lowest BCUT2D eigenvalue weighted by Crippen LogP contribution is -2.67. The zero-order valence-corrected chi connectivity index (χ0v) is 24.4. The Bertz CT molecular complexity index is 1430. The standard InChI is InChI=1S/C30H40ClN7O2/c1-19-10-24-23(13-33-34-24)26(27(19)31)25-20(2)38(21-11-29(12-21)16-32-17-29)35-28(25)37-7-6-36(18-30(37)4-3-5-30)14-22-15-39-8-9-40-22/h10,13,21-22,32H,3-9,11-12,14-18H2,1-2H3,(H,33,34)/t22-/m1/s1. The van der Waals surface area contributed by atoms with Gasteiger partial charge in [-0.15, -0.1) is 0 Å². The highest BCUT2D eigenvalue weighted by molar-refractivity contribution is 6.36. The molecule has 3 saturated heterocycles. The van der Waals surface area contributed by atoms with Gasteiger partial charge in [-0.3, -0.25) is 14.7 Å². The topological polar surface area (TPSA) is 83.5 Å². The summed E-state index contributed by atoms with van der Waals surface area (Å²) in [7, 11) is 0. The number of ether oxygens (including phenoxy) is 2. The van der Waals surface area contributed by atoms with Crippen LogP contribution in [0.3, 0.4) is 0 Å². The predicted molar refractivity (Wildman–Crippen MR) is 156 cm³/mol. The van der Waals surface area contributed by atoms with Gasteiger partial charge in [-0.25, -0.2) is 0 Å². The zero-order chi connectivity index (χ0) is 27.1. The molecular formula is C30H40ClN7O2. The second-order valence-electron chi connectivity index (χ2n) is 13.1. The number of hydrogen-bond donors (Lipinski definition) is 2. The number of nitrogens with zero attached hydrogens (tertiary/aromatic N) is 5. The molecule has 1 aromatic carbocycles. The number of piperazine rings is 1. The smallest absolute Gasteiger partial charge is 0.159 e. The van der Waals surface area contributed by atoms with E-state index in [4.69, 9.17) is 26.2 Å². The van der Waals surface area contributed by atoms with Gasteiger partial charge in [-0.2, -0.15) is 10.2 Å². The van der Waals surface area contributed by atoms with Gasteiger partial charge >= 0.3 is 0 Å². The maximum Gasteiger partial charge on any atom is 0.159 e. The summed E-state index contributed by atoms with van der Waals surface area (Å²) < 4.78 is 14.1. The van der Waals surface area contributed by atoms with Crippen molar-refractivity contribution >= 4 is 28.3 Å². The molecule has 5 fully saturated rings. The van der Waals surface area contributed by atoms with Crippen LogP contribution in [0.25, 0.3) is 22.0 Å². The fraction of sp³-hybridized carbons (Fsp3) is 0.667. The Morgan fingerprint density at radius 3 is 2.67 bits per heavy atom. The van der Waals surface area contributed by atoms with Crippen molar-refractivity contribution in [2.45, 2.75) is 63.6 Å². The zero-order valence-electron chi connectivity index (χ0n) is 23.6. The summed E-state index contributed by atoms with van der Waals surface area (Å²) in [4.78, 5) is 5.26. The first-order valence-corrected chi connectivity index (χ1v) is 15.4. The monoisotopic (exact) mass is 565 g/mol. The van der Waals surface area contributed by atoms with Crippen LogP contribution in [0.4, 0.5) is 5.82 Å². The summed E-state index contributed by atoms with van der Waals surface area (Å²) in [6.07, 6.45) is 8.14. The number of benzene rings is 1. The number of halogens is 1. The molecule has 5 heterocycles. The first-order valence-electron chi connectivity index (χ1n) is 15.1. The Morgan fingerprint density at radius 2 is 1.98 bits per heavy atom. The van der Waals surface area contributed by atoms with Gasteiger partial charge in [0.15, 0.2) is 5.82 Å². The predicted octanol–water partition coefficient (Wildman–Crippen LogP) is 4.08. The largest absolute Gasteiger partial charge is 0.376 e. The van der Waals surface area contributed by atoms with E-state index in [-0.39, 0.29) is 11.6 Å². The van der Waals surface area contributed by atoms with Crippen LogP contribution in [0.5, 0.6) is 0 Å². The van der Waals surface area contributed by atoms with Gasteiger partial charge < -0.3 is 19.7 Å². The maximum absolute atomic E-state index is 7.17. The van der Waals surface area contributed by atoms with Crippen molar-refractivity contribution in [3.05, 3.63) is 28.5 Å². The molecule has 2 aromatic heterocycles. The van der Waals surface area contributed by atoms with Gasteiger partial charge in [0.1, 0.15) is 0 Å². The van der Waals surface area contributed by atoms with Crippen LogP contribution >= 0.6 is 11.6 Å². The van der Waals surface area contributed by atoms with Gasteiger partial charge in [0.05, 0.1) is 54.2 Å².